The Bertz CT molecular complexity index is 132. The molecule has 0 radical (unpaired) electrons. The maximum absolute atomic E-state index is 4.10. The van der Waals surface area contributed by atoms with Gasteiger partial charge in [0.25, 0.3) is 0 Å². The molecule has 1 heteroatoms. The van der Waals surface area contributed by atoms with Gasteiger partial charge in [-0.25, -0.2) is 0 Å². The average Bonchev–Trinajstić information content (AvgIpc) is 2.58. The summed E-state index contributed by atoms with van der Waals surface area (Å²) in [6.07, 6.45) is 3.88. The lowest BCUT2D eigenvalue weighted by molar-refractivity contribution is 0.391. The molecular formula is C12H25N. The SMILES string of the molecule is C=C(CC(C)C)N1CCCC1.CC. The molecule has 1 heterocycles. The second-order valence-corrected chi connectivity index (χ2v) is 3.86. The van der Waals surface area contributed by atoms with E-state index in [2.05, 4.69) is 25.3 Å². The van der Waals surface area contributed by atoms with Crippen LogP contribution < -0.4 is 0 Å². The molecule has 0 aromatic rings. The zero-order chi connectivity index (χ0) is 10.3. The van der Waals surface area contributed by atoms with Crippen LogP contribution in [-0.2, 0) is 0 Å². The molecule has 0 N–H and O–H groups in total. The van der Waals surface area contributed by atoms with Crippen LogP contribution in [0.3, 0.4) is 0 Å². The second-order valence-electron chi connectivity index (χ2n) is 3.86. The minimum atomic E-state index is 0.753. The first-order valence-corrected chi connectivity index (χ1v) is 5.63. The van der Waals surface area contributed by atoms with Crippen molar-refractivity contribution >= 4 is 0 Å². The van der Waals surface area contributed by atoms with Crippen LogP contribution in [0.2, 0.25) is 0 Å². The molecule has 0 unspecified atom stereocenters. The summed E-state index contributed by atoms with van der Waals surface area (Å²) in [5.41, 5.74) is 1.34. The molecule has 1 fully saturated rings. The van der Waals surface area contributed by atoms with Crippen molar-refractivity contribution in [1.29, 1.82) is 0 Å². The van der Waals surface area contributed by atoms with E-state index in [1.807, 2.05) is 13.8 Å². The number of rotatable bonds is 3. The van der Waals surface area contributed by atoms with Crippen LogP contribution in [-0.4, -0.2) is 18.0 Å². The monoisotopic (exact) mass is 183 g/mol. The molecular weight excluding hydrogens is 158 g/mol. The van der Waals surface area contributed by atoms with Gasteiger partial charge in [-0.2, -0.15) is 0 Å². The number of hydrogen-bond acceptors (Lipinski definition) is 1. The van der Waals surface area contributed by atoms with Gasteiger partial charge in [-0.15, -0.1) is 0 Å². The lowest BCUT2D eigenvalue weighted by atomic mass is 10.1. The van der Waals surface area contributed by atoms with Crippen molar-refractivity contribution in [3.63, 3.8) is 0 Å². The van der Waals surface area contributed by atoms with Gasteiger partial charge < -0.3 is 4.90 Å². The minimum Gasteiger partial charge on any atom is -0.375 e. The fourth-order valence-electron chi connectivity index (χ4n) is 1.63. The van der Waals surface area contributed by atoms with Crippen molar-refractivity contribution in [2.45, 2.75) is 47.0 Å². The van der Waals surface area contributed by atoms with Gasteiger partial charge in [0, 0.05) is 18.8 Å². The molecule has 0 bridgehead atoms. The van der Waals surface area contributed by atoms with E-state index < -0.39 is 0 Å². The Labute approximate surface area is 83.8 Å². The van der Waals surface area contributed by atoms with Crippen LogP contribution in [0.1, 0.15) is 47.0 Å². The zero-order valence-electron chi connectivity index (χ0n) is 9.77. The fourth-order valence-corrected chi connectivity index (χ4v) is 1.63. The lowest BCUT2D eigenvalue weighted by Gasteiger charge is -2.21. The second kappa shape index (κ2) is 6.99. The molecule has 0 spiro atoms. The number of likely N-dealkylation sites (tertiary alicyclic amines) is 1. The number of hydrogen-bond donors (Lipinski definition) is 0. The van der Waals surface area contributed by atoms with E-state index in [0.717, 1.165) is 5.92 Å². The van der Waals surface area contributed by atoms with Gasteiger partial charge in [-0.3, -0.25) is 0 Å². The first-order valence-electron chi connectivity index (χ1n) is 5.63. The fraction of sp³-hybridized carbons (Fsp3) is 0.833. The Morgan fingerprint density at radius 2 is 1.69 bits per heavy atom. The van der Waals surface area contributed by atoms with Crippen molar-refractivity contribution in [3.8, 4) is 0 Å². The van der Waals surface area contributed by atoms with E-state index >= 15 is 0 Å². The molecule has 0 amide bonds. The summed E-state index contributed by atoms with van der Waals surface area (Å²) >= 11 is 0. The Morgan fingerprint density at radius 1 is 1.23 bits per heavy atom. The minimum absolute atomic E-state index is 0.753. The van der Waals surface area contributed by atoms with Crippen LogP contribution in [0.15, 0.2) is 12.3 Å². The first kappa shape index (κ1) is 12.5. The van der Waals surface area contributed by atoms with E-state index in [1.54, 1.807) is 0 Å². The maximum atomic E-state index is 4.10. The molecule has 78 valence electrons. The Hall–Kier alpha value is -0.460. The molecule has 1 saturated heterocycles. The molecule has 0 aromatic heterocycles. The Balaban J connectivity index is 0.000000671. The summed E-state index contributed by atoms with van der Waals surface area (Å²) in [5, 5.41) is 0. The van der Waals surface area contributed by atoms with Crippen LogP contribution >= 0.6 is 0 Å². The smallest absolute Gasteiger partial charge is 0.0175 e. The third kappa shape index (κ3) is 4.97. The molecule has 1 aliphatic heterocycles. The molecule has 1 rings (SSSR count). The summed E-state index contributed by atoms with van der Waals surface area (Å²) < 4.78 is 0. The Kier molecular flexibility index (Phi) is 6.75. The molecule has 1 nitrogen and oxygen atoms in total. The van der Waals surface area contributed by atoms with Gasteiger partial charge in [0.1, 0.15) is 0 Å². The van der Waals surface area contributed by atoms with Gasteiger partial charge in [-0.1, -0.05) is 34.3 Å². The summed E-state index contributed by atoms with van der Waals surface area (Å²) in [6, 6.07) is 0. The largest absolute Gasteiger partial charge is 0.375 e. The molecule has 0 saturated carbocycles. The average molecular weight is 183 g/mol. The molecule has 1 aliphatic rings. The summed E-state index contributed by atoms with van der Waals surface area (Å²) in [7, 11) is 0. The van der Waals surface area contributed by atoms with Gasteiger partial charge in [0.15, 0.2) is 0 Å². The van der Waals surface area contributed by atoms with Crippen molar-refractivity contribution in [2.75, 3.05) is 13.1 Å². The highest BCUT2D eigenvalue weighted by molar-refractivity contribution is 4.96. The van der Waals surface area contributed by atoms with Crippen LogP contribution in [0.25, 0.3) is 0 Å². The first-order chi connectivity index (χ1) is 6.20. The highest BCUT2D eigenvalue weighted by Gasteiger charge is 2.13. The maximum Gasteiger partial charge on any atom is 0.0175 e. The van der Waals surface area contributed by atoms with E-state index in [0.29, 0.717) is 0 Å². The van der Waals surface area contributed by atoms with Gasteiger partial charge in [-0.05, 0) is 25.2 Å². The quantitative estimate of drug-likeness (QED) is 0.645. The van der Waals surface area contributed by atoms with E-state index in [9.17, 15) is 0 Å². The van der Waals surface area contributed by atoms with Gasteiger partial charge in [0.05, 0.1) is 0 Å². The van der Waals surface area contributed by atoms with Crippen molar-refractivity contribution in [2.24, 2.45) is 5.92 Å². The van der Waals surface area contributed by atoms with Crippen molar-refractivity contribution in [1.82, 2.24) is 4.90 Å². The zero-order valence-corrected chi connectivity index (χ0v) is 9.77. The number of allylic oxidation sites excluding steroid dienone is 1. The summed E-state index contributed by atoms with van der Waals surface area (Å²) in [5.74, 6) is 0.753. The van der Waals surface area contributed by atoms with Crippen molar-refractivity contribution < 1.29 is 0 Å². The van der Waals surface area contributed by atoms with Crippen LogP contribution in [0.5, 0.6) is 0 Å². The summed E-state index contributed by atoms with van der Waals surface area (Å²) in [6.45, 7) is 15.1. The topological polar surface area (TPSA) is 3.24 Å². The molecule has 0 aromatic carbocycles. The molecule has 0 atom stereocenters. The standard InChI is InChI=1S/C10H19N.C2H6/c1-9(2)8-10(3)11-6-4-5-7-11;1-2/h9H,3-8H2,1-2H3;1-2H3. The Morgan fingerprint density at radius 3 is 2.08 bits per heavy atom. The van der Waals surface area contributed by atoms with Crippen LogP contribution in [0, 0.1) is 5.92 Å². The highest BCUT2D eigenvalue weighted by atomic mass is 15.1. The normalized spacial score (nSPS) is 15.6. The van der Waals surface area contributed by atoms with E-state index in [-0.39, 0.29) is 0 Å². The van der Waals surface area contributed by atoms with Gasteiger partial charge in [0.2, 0.25) is 0 Å². The van der Waals surface area contributed by atoms with Gasteiger partial charge >= 0.3 is 0 Å². The predicted octanol–water partition coefficient (Wildman–Crippen LogP) is 3.67. The summed E-state index contributed by atoms with van der Waals surface area (Å²) in [4.78, 5) is 2.43. The number of nitrogens with zero attached hydrogens (tertiary/aromatic N) is 1. The van der Waals surface area contributed by atoms with E-state index in [4.69, 9.17) is 0 Å². The third-order valence-electron chi connectivity index (χ3n) is 2.20. The predicted molar refractivity (Wildman–Crippen MR) is 60.8 cm³/mol. The molecule has 0 aliphatic carbocycles. The van der Waals surface area contributed by atoms with Crippen molar-refractivity contribution in [3.05, 3.63) is 12.3 Å². The van der Waals surface area contributed by atoms with E-state index in [1.165, 1.54) is 38.0 Å². The lowest BCUT2D eigenvalue weighted by Crippen LogP contribution is -2.18. The molecule has 13 heavy (non-hydrogen) atoms. The van der Waals surface area contributed by atoms with Crippen LogP contribution in [0.4, 0.5) is 0 Å². The third-order valence-corrected chi connectivity index (χ3v) is 2.20. The highest BCUT2D eigenvalue weighted by Crippen LogP contribution is 2.18.